The fraction of sp³-hybridized carbons (Fsp3) is 0.824. The number of piperidine rings is 1. The van der Waals surface area contributed by atoms with Crippen molar-refractivity contribution < 1.29 is 4.74 Å². The standard InChI is InChI=1S/C17H31N3O/c1-12(2)11-21-16-7-9-20(10-8-16)15(5)17-13(3)18-19(6)14(17)4/h12,15-16H,7-11H2,1-6H3. The van der Waals surface area contributed by atoms with Gasteiger partial charge in [0.25, 0.3) is 0 Å². The van der Waals surface area contributed by atoms with Crippen molar-refractivity contribution in [1.82, 2.24) is 14.7 Å². The van der Waals surface area contributed by atoms with Gasteiger partial charge in [-0.2, -0.15) is 5.10 Å². The first kappa shape index (κ1) is 16.5. The molecule has 1 aromatic heterocycles. The number of rotatable bonds is 5. The van der Waals surface area contributed by atoms with Gasteiger partial charge in [0.15, 0.2) is 0 Å². The molecule has 1 aliphatic heterocycles. The van der Waals surface area contributed by atoms with Crippen LogP contribution in [0, 0.1) is 19.8 Å². The highest BCUT2D eigenvalue weighted by molar-refractivity contribution is 5.27. The normalized spacial score (nSPS) is 19.4. The van der Waals surface area contributed by atoms with Crippen LogP contribution in [-0.4, -0.2) is 40.5 Å². The van der Waals surface area contributed by atoms with Gasteiger partial charge in [0.2, 0.25) is 0 Å². The van der Waals surface area contributed by atoms with Crippen molar-refractivity contribution in [3.63, 3.8) is 0 Å². The second-order valence-corrected chi connectivity index (χ2v) is 6.85. The molecule has 0 N–H and O–H groups in total. The van der Waals surface area contributed by atoms with Gasteiger partial charge in [0.05, 0.1) is 11.8 Å². The summed E-state index contributed by atoms with van der Waals surface area (Å²) in [7, 11) is 2.03. The lowest BCUT2D eigenvalue weighted by Gasteiger charge is -2.36. The van der Waals surface area contributed by atoms with Crippen molar-refractivity contribution in [3.8, 4) is 0 Å². The molecular formula is C17H31N3O. The molecule has 0 amide bonds. The third kappa shape index (κ3) is 3.86. The monoisotopic (exact) mass is 293 g/mol. The third-order valence-corrected chi connectivity index (χ3v) is 4.67. The largest absolute Gasteiger partial charge is 0.378 e. The van der Waals surface area contributed by atoms with E-state index >= 15 is 0 Å². The van der Waals surface area contributed by atoms with Gasteiger partial charge in [0, 0.05) is 44.0 Å². The highest BCUT2D eigenvalue weighted by Gasteiger charge is 2.27. The smallest absolute Gasteiger partial charge is 0.0644 e. The van der Waals surface area contributed by atoms with E-state index in [9.17, 15) is 0 Å². The number of aromatic nitrogens is 2. The Morgan fingerprint density at radius 3 is 2.29 bits per heavy atom. The molecule has 0 saturated carbocycles. The van der Waals surface area contributed by atoms with Gasteiger partial charge in [-0.15, -0.1) is 0 Å². The molecule has 4 nitrogen and oxygen atoms in total. The Morgan fingerprint density at radius 2 is 1.81 bits per heavy atom. The van der Waals surface area contributed by atoms with Crippen molar-refractivity contribution in [3.05, 3.63) is 17.0 Å². The van der Waals surface area contributed by atoms with Crippen LogP contribution in [0.25, 0.3) is 0 Å². The molecule has 2 rings (SSSR count). The Balaban J connectivity index is 1.92. The fourth-order valence-corrected chi connectivity index (χ4v) is 3.34. The molecule has 1 saturated heterocycles. The Kier molecular flexibility index (Phi) is 5.44. The van der Waals surface area contributed by atoms with Crippen LogP contribution in [0.4, 0.5) is 0 Å². The van der Waals surface area contributed by atoms with E-state index in [0.717, 1.165) is 32.5 Å². The molecule has 0 bridgehead atoms. The van der Waals surface area contributed by atoms with E-state index in [1.54, 1.807) is 0 Å². The molecule has 1 fully saturated rings. The molecule has 0 aromatic carbocycles. The number of likely N-dealkylation sites (tertiary alicyclic amines) is 1. The minimum Gasteiger partial charge on any atom is -0.378 e. The fourth-order valence-electron chi connectivity index (χ4n) is 3.34. The maximum absolute atomic E-state index is 5.99. The lowest BCUT2D eigenvalue weighted by Crippen LogP contribution is -2.39. The van der Waals surface area contributed by atoms with E-state index in [-0.39, 0.29) is 0 Å². The summed E-state index contributed by atoms with van der Waals surface area (Å²) in [6.07, 6.45) is 2.75. The van der Waals surface area contributed by atoms with Gasteiger partial charge in [-0.05, 0) is 39.5 Å². The van der Waals surface area contributed by atoms with Crippen molar-refractivity contribution in [2.45, 2.75) is 59.6 Å². The van der Waals surface area contributed by atoms with Gasteiger partial charge in [0.1, 0.15) is 0 Å². The highest BCUT2D eigenvalue weighted by atomic mass is 16.5. The molecule has 1 atom stereocenters. The van der Waals surface area contributed by atoms with Gasteiger partial charge < -0.3 is 4.74 Å². The predicted octanol–water partition coefficient (Wildman–Crippen LogP) is 3.23. The molecule has 1 aliphatic rings. The van der Waals surface area contributed by atoms with Crippen molar-refractivity contribution in [1.29, 1.82) is 0 Å². The summed E-state index contributed by atoms with van der Waals surface area (Å²) in [6.45, 7) is 14.2. The molecule has 0 radical (unpaired) electrons. The average molecular weight is 293 g/mol. The molecule has 21 heavy (non-hydrogen) atoms. The number of hydrogen-bond acceptors (Lipinski definition) is 3. The Labute approximate surface area is 129 Å². The molecular weight excluding hydrogens is 262 g/mol. The summed E-state index contributed by atoms with van der Waals surface area (Å²) in [5.41, 5.74) is 3.86. The van der Waals surface area contributed by atoms with Gasteiger partial charge in [-0.3, -0.25) is 9.58 Å². The molecule has 120 valence electrons. The second-order valence-electron chi connectivity index (χ2n) is 6.85. The quantitative estimate of drug-likeness (QED) is 0.835. The van der Waals surface area contributed by atoms with Gasteiger partial charge in [-0.1, -0.05) is 13.8 Å². The van der Waals surface area contributed by atoms with Crippen LogP contribution < -0.4 is 0 Å². The van der Waals surface area contributed by atoms with Crippen LogP contribution in [0.3, 0.4) is 0 Å². The van der Waals surface area contributed by atoms with E-state index in [1.807, 2.05) is 11.7 Å². The first-order valence-electron chi connectivity index (χ1n) is 8.25. The Bertz CT molecular complexity index is 459. The second kappa shape index (κ2) is 6.93. The minimum atomic E-state index is 0.449. The summed E-state index contributed by atoms with van der Waals surface area (Å²) in [5, 5.41) is 4.56. The maximum atomic E-state index is 5.99. The van der Waals surface area contributed by atoms with E-state index in [4.69, 9.17) is 4.74 Å². The lowest BCUT2D eigenvalue weighted by atomic mass is 10.0. The van der Waals surface area contributed by atoms with Crippen LogP contribution >= 0.6 is 0 Å². The molecule has 1 unspecified atom stereocenters. The summed E-state index contributed by atoms with van der Waals surface area (Å²) in [5.74, 6) is 0.627. The third-order valence-electron chi connectivity index (χ3n) is 4.67. The maximum Gasteiger partial charge on any atom is 0.0644 e. The van der Waals surface area contributed by atoms with Crippen molar-refractivity contribution >= 4 is 0 Å². The van der Waals surface area contributed by atoms with Crippen LogP contribution in [0.2, 0.25) is 0 Å². The van der Waals surface area contributed by atoms with Gasteiger partial charge >= 0.3 is 0 Å². The van der Waals surface area contributed by atoms with Crippen LogP contribution in [0.1, 0.15) is 56.6 Å². The summed E-state index contributed by atoms with van der Waals surface area (Å²) >= 11 is 0. The van der Waals surface area contributed by atoms with E-state index in [2.05, 4.69) is 44.6 Å². The molecule has 4 heteroatoms. The molecule has 0 aliphatic carbocycles. The zero-order chi connectivity index (χ0) is 15.6. The van der Waals surface area contributed by atoms with E-state index in [0.29, 0.717) is 18.1 Å². The Hall–Kier alpha value is -0.870. The SMILES string of the molecule is Cc1nn(C)c(C)c1C(C)N1CCC(OCC(C)C)CC1. The summed E-state index contributed by atoms with van der Waals surface area (Å²) in [4.78, 5) is 2.58. The van der Waals surface area contributed by atoms with Crippen LogP contribution in [-0.2, 0) is 11.8 Å². The van der Waals surface area contributed by atoms with Crippen molar-refractivity contribution in [2.24, 2.45) is 13.0 Å². The van der Waals surface area contributed by atoms with Crippen LogP contribution in [0.15, 0.2) is 0 Å². The lowest BCUT2D eigenvalue weighted by molar-refractivity contribution is -0.0114. The zero-order valence-electron chi connectivity index (χ0n) is 14.5. The highest BCUT2D eigenvalue weighted by Crippen LogP contribution is 2.29. The predicted molar refractivity (Wildman–Crippen MR) is 86.5 cm³/mol. The van der Waals surface area contributed by atoms with Crippen LogP contribution in [0.5, 0.6) is 0 Å². The number of ether oxygens (including phenoxy) is 1. The topological polar surface area (TPSA) is 30.3 Å². The minimum absolute atomic E-state index is 0.449. The molecule has 0 spiro atoms. The number of hydrogen-bond donors (Lipinski definition) is 0. The van der Waals surface area contributed by atoms with Gasteiger partial charge in [-0.25, -0.2) is 0 Å². The summed E-state index contributed by atoms with van der Waals surface area (Å²) < 4.78 is 7.99. The first-order valence-corrected chi connectivity index (χ1v) is 8.25. The Morgan fingerprint density at radius 1 is 1.19 bits per heavy atom. The average Bonchev–Trinajstić information content (AvgIpc) is 2.70. The van der Waals surface area contributed by atoms with Crippen molar-refractivity contribution in [2.75, 3.05) is 19.7 Å². The van der Waals surface area contributed by atoms with E-state index < -0.39 is 0 Å². The number of nitrogens with zero attached hydrogens (tertiary/aromatic N) is 3. The van der Waals surface area contributed by atoms with E-state index in [1.165, 1.54) is 17.0 Å². The molecule has 1 aromatic rings. The zero-order valence-corrected chi connectivity index (χ0v) is 14.5. The number of aryl methyl sites for hydroxylation is 2. The summed E-state index contributed by atoms with van der Waals surface area (Å²) in [6, 6.07) is 0.449. The first-order chi connectivity index (χ1) is 9.90. The molecule has 2 heterocycles.